The second kappa shape index (κ2) is 6.78. The summed E-state index contributed by atoms with van der Waals surface area (Å²) in [6.45, 7) is 1.92. The highest BCUT2D eigenvalue weighted by Gasteiger charge is 2.54. The molecule has 5 nitrogen and oxygen atoms in total. The molecule has 2 aromatic rings. The normalized spacial score (nSPS) is 24.7. The number of rotatable bonds is 5. The van der Waals surface area contributed by atoms with Gasteiger partial charge in [0.1, 0.15) is 0 Å². The third kappa shape index (κ3) is 3.55. The van der Waals surface area contributed by atoms with Crippen LogP contribution in [-0.4, -0.2) is 19.3 Å². The fourth-order valence-corrected chi connectivity index (χ4v) is 6.10. The summed E-state index contributed by atoms with van der Waals surface area (Å²) in [5, 5.41) is 5.09. The number of hydrogen-bond donors (Lipinski definition) is 1. The Morgan fingerprint density at radius 2 is 1.85 bits per heavy atom. The largest absolute Gasteiger partial charge is 0.302 e. The number of anilines is 1. The van der Waals surface area contributed by atoms with Gasteiger partial charge in [-0.25, -0.2) is 13.4 Å². The highest BCUT2D eigenvalue weighted by molar-refractivity contribution is 7.90. The summed E-state index contributed by atoms with van der Waals surface area (Å²) in [5.41, 5.74) is 1.49. The maximum absolute atomic E-state index is 12.5. The van der Waals surface area contributed by atoms with Gasteiger partial charge in [0.2, 0.25) is 5.91 Å². The van der Waals surface area contributed by atoms with Crippen molar-refractivity contribution in [2.24, 2.45) is 17.8 Å². The van der Waals surface area contributed by atoms with Gasteiger partial charge in [0.25, 0.3) is 0 Å². The number of thiazole rings is 1. The van der Waals surface area contributed by atoms with Gasteiger partial charge in [-0.3, -0.25) is 4.79 Å². The van der Waals surface area contributed by atoms with E-state index in [0.717, 1.165) is 18.4 Å². The topological polar surface area (TPSA) is 76.1 Å². The van der Waals surface area contributed by atoms with Crippen LogP contribution in [0.5, 0.6) is 0 Å². The Bertz CT molecular complexity index is 907. The zero-order chi connectivity index (χ0) is 18.3. The molecule has 1 aromatic heterocycles. The van der Waals surface area contributed by atoms with E-state index in [0.29, 0.717) is 27.6 Å². The third-order valence-electron chi connectivity index (χ3n) is 5.46. The van der Waals surface area contributed by atoms with Gasteiger partial charge in [-0.05, 0) is 43.7 Å². The van der Waals surface area contributed by atoms with Crippen molar-refractivity contribution in [3.05, 3.63) is 40.9 Å². The lowest BCUT2D eigenvalue weighted by Crippen LogP contribution is -2.15. The number of fused-ring (bicyclic) bond motifs is 1. The number of aromatic nitrogens is 1. The summed E-state index contributed by atoms with van der Waals surface area (Å²) in [5.74, 6) is 1.11. The van der Waals surface area contributed by atoms with Crippen molar-refractivity contribution in [3.8, 4) is 0 Å². The second-order valence-corrected chi connectivity index (χ2v) is 10.2. The fraction of sp³-hybridized carbons (Fsp3) is 0.474. The number of hydrogen-bond acceptors (Lipinski definition) is 5. The summed E-state index contributed by atoms with van der Waals surface area (Å²) >= 11 is 1.29. The maximum atomic E-state index is 12.5. The molecule has 0 radical (unpaired) electrons. The van der Waals surface area contributed by atoms with Crippen molar-refractivity contribution in [3.63, 3.8) is 0 Å². The Balaban J connectivity index is 1.40. The first kappa shape index (κ1) is 17.7. The van der Waals surface area contributed by atoms with Crippen molar-refractivity contribution in [1.29, 1.82) is 0 Å². The number of sulfone groups is 1. The Hall–Kier alpha value is -1.73. The Morgan fingerprint density at radius 3 is 2.50 bits per heavy atom. The molecule has 2 atom stereocenters. The Labute approximate surface area is 157 Å². The van der Waals surface area contributed by atoms with Crippen molar-refractivity contribution in [2.75, 3.05) is 5.32 Å². The summed E-state index contributed by atoms with van der Waals surface area (Å²) < 4.78 is 25.0. The molecule has 26 heavy (non-hydrogen) atoms. The number of aryl methyl sites for hydroxylation is 1. The molecule has 1 N–H and O–H groups in total. The molecule has 7 heteroatoms. The van der Waals surface area contributed by atoms with Crippen LogP contribution in [0.2, 0.25) is 0 Å². The smallest absolute Gasteiger partial charge is 0.229 e. The van der Waals surface area contributed by atoms with Crippen LogP contribution in [0.3, 0.4) is 0 Å². The molecule has 1 aromatic carbocycles. The highest BCUT2D eigenvalue weighted by atomic mass is 32.2. The lowest BCUT2D eigenvalue weighted by molar-refractivity contribution is -0.117. The molecule has 1 amide bonds. The summed E-state index contributed by atoms with van der Waals surface area (Å²) in [6.07, 6.45) is 4.76. The molecule has 0 bridgehead atoms. The average Bonchev–Trinajstić information content (AvgIpc) is 3.20. The van der Waals surface area contributed by atoms with Gasteiger partial charge in [0.15, 0.2) is 15.0 Å². The van der Waals surface area contributed by atoms with E-state index >= 15 is 0 Å². The first-order valence-electron chi connectivity index (χ1n) is 8.99. The lowest BCUT2D eigenvalue weighted by Gasteiger charge is -2.04. The van der Waals surface area contributed by atoms with Crippen LogP contribution in [0.25, 0.3) is 0 Å². The van der Waals surface area contributed by atoms with Gasteiger partial charge >= 0.3 is 0 Å². The van der Waals surface area contributed by atoms with E-state index in [1.54, 1.807) is 29.6 Å². The van der Waals surface area contributed by atoms with Crippen LogP contribution in [0, 0.1) is 24.7 Å². The van der Waals surface area contributed by atoms with E-state index in [9.17, 15) is 13.2 Å². The first-order chi connectivity index (χ1) is 12.4. The zero-order valence-electron chi connectivity index (χ0n) is 14.6. The van der Waals surface area contributed by atoms with Crippen LogP contribution >= 0.6 is 11.3 Å². The molecule has 2 fully saturated rings. The summed E-state index contributed by atoms with van der Waals surface area (Å²) in [7, 11) is -3.43. The van der Waals surface area contributed by atoms with Crippen LogP contribution < -0.4 is 5.32 Å². The van der Waals surface area contributed by atoms with E-state index in [1.807, 2.05) is 6.92 Å². The van der Waals surface area contributed by atoms with Crippen LogP contribution in [0.4, 0.5) is 5.13 Å². The van der Waals surface area contributed by atoms with Crippen LogP contribution in [-0.2, 0) is 20.4 Å². The van der Waals surface area contributed by atoms with E-state index in [-0.39, 0.29) is 17.6 Å². The minimum atomic E-state index is -3.43. The number of carbonyl (C=O) groups excluding carboxylic acids is 1. The monoisotopic (exact) mass is 390 g/mol. The average molecular weight is 391 g/mol. The van der Waals surface area contributed by atoms with Crippen molar-refractivity contribution < 1.29 is 13.2 Å². The minimum absolute atomic E-state index is 0.0455. The highest BCUT2D eigenvalue weighted by Crippen LogP contribution is 2.55. The summed E-state index contributed by atoms with van der Waals surface area (Å²) in [6, 6.07) is 6.81. The molecule has 0 saturated heterocycles. The number of nitrogens with one attached hydrogen (secondary N) is 1. The van der Waals surface area contributed by atoms with Gasteiger partial charge in [-0.1, -0.05) is 30.5 Å². The molecule has 4 rings (SSSR count). The predicted octanol–water partition coefficient (Wildman–Crippen LogP) is 3.80. The Kier molecular flexibility index (Phi) is 4.61. The van der Waals surface area contributed by atoms with Gasteiger partial charge in [0.05, 0.1) is 16.3 Å². The molecule has 0 aliphatic heterocycles. The maximum Gasteiger partial charge on any atom is 0.229 e. The molecule has 2 saturated carbocycles. The number of amides is 1. The molecule has 138 valence electrons. The number of carbonyl (C=O) groups is 1. The zero-order valence-corrected chi connectivity index (χ0v) is 16.3. The lowest BCUT2D eigenvalue weighted by atomic mass is 10.0. The van der Waals surface area contributed by atoms with Crippen molar-refractivity contribution in [1.82, 2.24) is 4.98 Å². The van der Waals surface area contributed by atoms with Gasteiger partial charge in [0, 0.05) is 11.3 Å². The minimum Gasteiger partial charge on any atom is -0.302 e. The van der Waals surface area contributed by atoms with Crippen molar-refractivity contribution >= 4 is 32.2 Å². The van der Waals surface area contributed by atoms with Gasteiger partial charge in [-0.15, -0.1) is 11.3 Å². The fourth-order valence-electron chi connectivity index (χ4n) is 4.02. The SMILES string of the molecule is Cc1ccc(S(=O)(=O)Cc2csc(NC(=O)C3C4CCCCC43)n2)cc1. The van der Waals surface area contributed by atoms with E-state index in [1.165, 1.54) is 24.2 Å². The number of nitrogens with zero attached hydrogens (tertiary/aromatic N) is 1. The van der Waals surface area contributed by atoms with Crippen LogP contribution in [0.1, 0.15) is 36.9 Å². The molecular weight excluding hydrogens is 368 g/mol. The number of benzene rings is 1. The second-order valence-electron chi connectivity index (χ2n) is 7.34. The van der Waals surface area contributed by atoms with Crippen LogP contribution in [0.15, 0.2) is 34.5 Å². The van der Waals surface area contributed by atoms with E-state index in [2.05, 4.69) is 10.3 Å². The molecule has 2 aliphatic carbocycles. The van der Waals surface area contributed by atoms with E-state index < -0.39 is 9.84 Å². The quantitative estimate of drug-likeness (QED) is 0.842. The van der Waals surface area contributed by atoms with Gasteiger partial charge < -0.3 is 5.32 Å². The molecule has 1 heterocycles. The molecule has 0 spiro atoms. The third-order valence-corrected chi connectivity index (χ3v) is 7.93. The van der Waals surface area contributed by atoms with E-state index in [4.69, 9.17) is 0 Å². The molecule has 2 unspecified atom stereocenters. The molecular formula is C19H22N2O3S2. The predicted molar refractivity (Wildman–Crippen MR) is 102 cm³/mol. The van der Waals surface area contributed by atoms with Gasteiger partial charge in [-0.2, -0.15) is 0 Å². The van der Waals surface area contributed by atoms with Crippen molar-refractivity contribution in [2.45, 2.75) is 43.3 Å². The Morgan fingerprint density at radius 1 is 1.19 bits per heavy atom. The summed E-state index contributed by atoms with van der Waals surface area (Å²) in [4.78, 5) is 17.0. The molecule has 2 aliphatic rings. The standard InChI is InChI=1S/C19H22N2O3S2/c1-12-6-8-14(9-7-12)26(23,24)11-13-10-25-19(20-13)21-18(22)17-15-4-2-3-5-16(15)17/h6-10,15-17H,2-5,11H2,1H3,(H,20,21,22). The first-order valence-corrected chi connectivity index (χ1v) is 11.5.